The number of hydrogen-bond donors (Lipinski definition) is 1. The van der Waals surface area contributed by atoms with Gasteiger partial charge in [-0.15, -0.1) is 0 Å². The number of aromatic nitrogens is 2. The molecule has 3 rings (SSSR count). The third-order valence-corrected chi connectivity index (χ3v) is 4.75. The van der Waals surface area contributed by atoms with Crippen molar-refractivity contribution in [3.05, 3.63) is 86.6 Å². The maximum absolute atomic E-state index is 12.6. The van der Waals surface area contributed by atoms with Crippen molar-refractivity contribution in [3.8, 4) is 0 Å². The summed E-state index contributed by atoms with van der Waals surface area (Å²) < 4.78 is 1.63. The van der Waals surface area contributed by atoms with Crippen LogP contribution in [-0.4, -0.2) is 20.6 Å². The Kier molecular flexibility index (Phi) is 5.70. The molecule has 150 valence electrons. The standard InChI is InChI=1S/C21H21ClN4O3/c1-21(2,3)15-6-4-14(5-7-15)13-25-19(10-11-23-25)24-20(27)17-9-8-16(22)12-18(17)26(28)29/h4-12H,13H2,1-3H3,(H,24,27). The van der Waals surface area contributed by atoms with Gasteiger partial charge in [0.05, 0.1) is 17.7 Å². The molecule has 0 aliphatic rings. The lowest BCUT2D eigenvalue weighted by Gasteiger charge is -2.19. The fourth-order valence-electron chi connectivity index (χ4n) is 2.88. The van der Waals surface area contributed by atoms with Crippen molar-refractivity contribution in [3.63, 3.8) is 0 Å². The lowest BCUT2D eigenvalue weighted by molar-refractivity contribution is -0.385. The molecule has 29 heavy (non-hydrogen) atoms. The minimum absolute atomic E-state index is 0.0661. The Morgan fingerprint density at radius 1 is 1.17 bits per heavy atom. The molecule has 0 unspecified atom stereocenters. The Labute approximate surface area is 173 Å². The Balaban J connectivity index is 1.79. The van der Waals surface area contributed by atoms with E-state index < -0.39 is 10.8 Å². The zero-order valence-corrected chi connectivity index (χ0v) is 17.1. The van der Waals surface area contributed by atoms with E-state index in [1.165, 1.54) is 17.7 Å². The number of carbonyl (C=O) groups excluding carboxylic acids is 1. The van der Waals surface area contributed by atoms with Gasteiger partial charge in [-0.1, -0.05) is 56.6 Å². The van der Waals surface area contributed by atoms with Crippen LogP contribution in [0.5, 0.6) is 0 Å². The molecule has 0 aliphatic carbocycles. The summed E-state index contributed by atoms with van der Waals surface area (Å²) in [6, 6.07) is 13.8. The largest absolute Gasteiger partial charge is 0.307 e. The van der Waals surface area contributed by atoms with Gasteiger partial charge in [-0.3, -0.25) is 14.9 Å². The molecule has 0 spiro atoms. The van der Waals surface area contributed by atoms with E-state index in [0.29, 0.717) is 12.4 Å². The summed E-state index contributed by atoms with van der Waals surface area (Å²) in [7, 11) is 0. The number of nitrogens with one attached hydrogen (secondary N) is 1. The highest BCUT2D eigenvalue weighted by Gasteiger charge is 2.21. The third-order valence-electron chi connectivity index (χ3n) is 4.51. The summed E-state index contributed by atoms with van der Waals surface area (Å²) in [5.74, 6) is -0.155. The molecule has 0 bridgehead atoms. The normalized spacial score (nSPS) is 11.3. The predicted molar refractivity (Wildman–Crippen MR) is 113 cm³/mol. The SMILES string of the molecule is CC(C)(C)c1ccc(Cn2nccc2NC(=O)c2ccc(Cl)cc2[N+](=O)[O-])cc1. The Morgan fingerprint density at radius 2 is 1.86 bits per heavy atom. The number of nitro groups is 1. The van der Waals surface area contributed by atoms with E-state index in [-0.39, 0.29) is 21.7 Å². The van der Waals surface area contributed by atoms with Crippen molar-refractivity contribution in [1.82, 2.24) is 9.78 Å². The quantitative estimate of drug-likeness (QED) is 0.469. The number of benzene rings is 2. The average Bonchev–Trinajstić information content (AvgIpc) is 3.07. The number of hydrogen-bond acceptors (Lipinski definition) is 4. The number of nitro benzene ring substituents is 1. The van der Waals surface area contributed by atoms with E-state index in [4.69, 9.17) is 11.6 Å². The summed E-state index contributed by atoms with van der Waals surface area (Å²) in [6.07, 6.45) is 1.56. The van der Waals surface area contributed by atoms with Gasteiger partial charge in [0.25, 0.3) is 11.6 Å². The van der Waals surface area contributed by atoms with Crippen LogP contribution in [0.15, 0.2) is 54.7 Å². The van der Waals surface area contributed by atoms with Crippen LogP contribution in [0.2, 0.25) is 5.02 Å². The molecule has 0 saturated carbocycles. The van der Waals surface area contributed by atoms with E-state index in [2.05, 4.69) is 43.3 Å². The summed E-state index contributed by atoms with van der Waals surface area (Å²) in [4.78, 5) is 23.2. The van der Waals surface area contributed by atoms with E-state index in [0.717, 1.165) is 11.6 Å². The monoisotopic (exact) mass is 412 g/mol. The summed E-state index contributed by atoms with van der Waals surface area (Å²) in [6.45, 7) is 6.91. The zero-order valence-electron chi connectivity index (χ0n) is 16.3. The third kappa shape index (κ3) is 4.81. The van der Waals surface area contributed by atoms with Crippen molar-refractivity contribution in [2.24, 2.45) is 0 Å². The minimum Gasteiger partial charge on any atom is -0.307 e. The molecular formula is C21H21ClN4O3. The molecule has 1 N–H and O–H groups in total. The predicted octanol–water partition coefficient (Wildman–Crippen LogP) is 5.04. The second-order valence-corrected chi connectivity index (χ2v) is 8.13. The molecule has 1 amide bonds. The summed E-state index contributed by atoms with van der Waals surface area (Å²) in [5, 5.41) is 18.4. The first-order valence-corrected chi connectivity index (χ1v) is 9.39. The molecule has 2 aromatic carbocycles. The first-order valence-electron chi connectivity index (χ1n) is 9.01. The van der Waals surface area contributed by atoms with Gasteiger partial charge in [-0.25, -0.2) is 4.68 Å². The zero-order chi connectivity index (χ0) is 21.2. The van der Waals surface area contributed by atoms with Crippen molar-refractivity contribution in [2.75, 3.05) is 5.32 Å². The highest BCUT2D eigenvalue weighted by Crippen LogP contribution is 2.25. The summed E-state index contributed by atoms with van der Waals surface area (Å²) >= 11 is 5.81. The molecular weight excluding hydrogens is 392 g/mol. The van der Waals surface area contributed by atoms with E-state index in [1.807, 2.05) is 12.1 Å². The maximum atomic E-state index is 12.6. The van der Waals surface area contributed by atoms with E-state index in [1.54, 1.807) is 16.9 Å². The fraction of sp³-hybridized carbons (Fsp3) is 0.238. The van der Waals surface area contributed by atoms with Crippen molar-refractivity contribution >= 4 is 29.0 Å². The smallest absolute Gasteiger partial charge is 0.283 e. The van der Waals surface area contributed by atoms with Gasteiger partial charge in [-0.05, 0) is 28.7 Å². The van der Waals surface area contributed by atoms with Crippen LogP contribution in [0.1, 0.15) is 42.3 Å². The van der Waals surface area contributed by atoms with Crippen LogP contribution in [0.25, 0.3) is 0 Å². The van der Waals surface area contributed by atoms with Gasteiger partial charge in [0, 0.05) is 17.2 Å². The van der Waals surface area contributed by atoms with E-state index >= 15 is 0 Å². The van der Waals surface area contributed by atoms with Crippen molar-refractivity contribution in [2.45, 2.75) is 32.7 Å². The molecule has 0 saturated heterocycles. The van der Waals surface area contributed by atoms with Crippen LogP contribution >= 0.6 is 11.6 Å². The molecule has 8 heteroatoms. The van der Waals surface area contributed by atoms with Gasteiger partial charge in [0.15, 0.2) is 0 Å². The minimum atomic E-state index is -0.630. The topological polar surface area (TPSA) is 90.1 Å². The van der Waals surface area contributed by atoms with Crippen LogP contribution in [0, 0.1) is 10.1 Å². The molecule has 0 aliphatic heterocycles. The van der Waals surface area contributed by atoms with Crippen LogP contribution in [0.3, 0.4) is 0 Å². The number of rotatable bonds is 5. The second kappa shape index (κ2) is 8.05. The van der Waals surface area contributed by atoms with E-state index in [9.17, 15) is 14.9 Å². The van der Waals surface area contributed by atoms with Gasteiger partial charge < -0.3 is 5.32 Å². The van der Waals surface area contributed by atoms with Gasteiger partial charge in [0.2, 0.25) is 0 Å². The molecule has 0 atom stereocenters. The van der Waals surface area contributed by atoms with Gasteiger partial charge in [0.1, 0.15) is 11.4 Å². The Bertz CT molecular complexity index is 1050. The lowest BCUT2D eigenvalue weighted by Crippen LogP contribution is -2.17. The molecule has 3 aromatic rings. The molecule has 1 aromatic heterocycles. The Hall–Kier alpha value is -3.19. The van der Waals surface area contributed by atoms with Crippen LogP contribution < -0.4 is 5.32 Å². The van der Waals surface area contributed by atoms with Crippen molar-refractivity contribution < 1.29 is 9.72 Å². The number of nitrogens with zero attached hydrogens (tertiary/aromatic N) is 3. The van der Waals surface area contributed by atoms with Crippen LogP contribution in [-0.2, 0) is 12.0 Å². The number of halogens is 1. The summed E-state index contributed by atoms with van der Waals surface area (Å²) in [5.41, 5.74) is 1.90. The van der Waals surface area contributed by atoms with Crippen molar-refractivity contribution in [1.29, 1.82) is 0 Å². The maximum Gasteiger partial charge on any atom is 0.283 e. The molecule has 1 heterocycles. The highest BCUT2D eigenvalue weighted by molar-refractivity contribution is 6.31. The molecule has 7 nitrogen and oxygen atoms in total. The lowest BCUT2D eigenvalue weighted by atomic mass is 9.87. The Morgan fingerprint density at radius 3 is 2.48 bits per heavy atom. The number of carbonyl (C=O) groups is 1. The number of amides is 1. The van der Waals surface area contributed by atoms with Gasteiger partial charge in [-0.2, -0.15) is 5.10 Å². The number of anilines is 1. The average molecular weight is 413 g/mol. The second-order valence-electron chi connectivity index (χ2n) is 7.69. The van der Waals surface area contributed by atoms with Gasteiger partial charge >= 0.3 is 0 Å². The van der Waals surface area contributed by atoms with Crippen LogP contribution in [0.4, 0.5) is 11.5 Å². The first-order chi connectivity index (χ1) is 13.6. The molecule has 0 fully saturated rings. The molecule has 0 radical (unpaired) electrons. The fourth-order valence-corrected chi connectivity index (χ4v) is 3.05. The first kappa shape index (κ1) is 20.5. The highest BCUT2D eigenvalue weighted by atomic mass is 35.5.